The Balaban J connectivity index is 1.27. The molecule has 55 heavy (non-hydrogen) atoms. The second kappa shape index (κ2) is 21.9. The molecule has 3 heterocycles. The highest BCUT2D eigenvalue weighted by Gasteiger charge is 2.28. The molecule has 4 atom stereocenters. The summed E-state index contributed by atoms with van der Waals surface area (Å²) < 4.78 is 19.5. The van der Waals surface area contributed by atoms with Gasteiger partial charge in [-0.15, -0.1) is 23.1 Å². The van der Waals surface area contributed by atoms with Gasteiger partial charge in [0.25, 0.3) is 0 Å². The van der Waals surface area contributed by atoms with Gasteiger partial charge in [-0.3, -0.25) is 9.79 Å². The lowest BCUT2D eigenvalue weighted by Gasteiger charge is -2.31. The molecule has 5 rings (SSSR count). The first kappa shape index (κ1) is 42.1. The van der Waals surface area contributed by atoms with Gasteiger partial charge in [0, 0.05) is 50.1 Å². The number of benzene rings is 2. The fraction of sp³-hybridized carbons (Fsp3) is 0.537. The number of piperidine rings is 1. The Kier molecular flexibility index (Phi) is 16.8. The van der Waals surface area contributed by atoms with Gasteiger partial charge < -0.3 is 30.5 Å². The molecule has 2 aliphatic heterocycles. The highest BCUT2D eigenvalue weighted by atomic mass is 32.2. The number of aliphatic imine (C=N–C) groups is 1. The van der Waals surface area contributed by atoms with Crippen LogP contribution in [0.1, 0.15) is 73.7 Å². The molecule has 11 nitrogen and oxygen atoms in total. The van der Waals surface area contributed by atoms with Crippen molar-refractivity contribution >= 4 is 46.7 Å². The van der Waals surface area contributed by atoms with E-state index in [2.05, 4.69) is 44.7 Å². The number of ether oxygens (including phenoxy) is 1. The Bertz CT molecular complexity index is 1650. The first-order valence-corrected chi connectivity index (χ1v) is 21.2. The van der Waals surface area contributed by atoms with Crippen molar-refractivity contribution in [3.8, 4) is 0 Å². The van der Waals surface area contributed by atoms with Gasteiger partial charge in [-0.05, 0) is 56.1 Å². The van der Waals surface area contributed by atoms with Crippen molar-refractivity contribution in [2.75, 3.05) is 39.8 Å². The average molecular weight is 794 g/mol. The van der Waals surface area contributed by atoms with E-state index in [1.165, 1.54) is 0 Å². The number of alkyl halides is 1. The van der Waals surface area contributed by atoms with Crippen LogP contribution in [0.3, 0.4) is 0 Å². The molecule has 1 saturated heterocycles. The van der Waals surface area contributed by atoms with Crippen LogP contribution in [0.2, 0.25) is 0 Å². The monoisotopic (exact) mass is 793 g/mol. The molecule has 1 fully saturated rings. The number of hydrogen-bond donors (Lipinski definition) is 3. The van der Waals surface area contributed by atoms with Crippen LogP contribution in [0, 0.1) is 0 Å². The standard InChI is InChI=1S/C41H56FN7O4S2/c1-29(2)39-45-35(27-54-39)25-48(3)40(51)47-37(18-21-49-19-16-32(42)17-20-49)38(50)44-33(22-30-10-6-4-7-11-30)14-15-34(23-31-12-8-5-9-13-31)46-41(52)53-26-36-24-43-28-55-36/h4-13,27-29,32-34,36-37H,14-26H2,1-3H3,(H,44,50)(H,46,52)(H,47,51). The zero-order chi connectivity index (χ0) is 39.0. The summed E-state index contributed by atoms with van der Waals surface area (Å²) in [6.45, 7) is 7.19. The van der Waals surface area contributed by atoms with Crippen molar-refractivity contribution in [2.24, 2.45) is 4.99 Å². The number of rotatable bonds is 19. The minimum atomic E-state index is -0.816. The summed E-state index contributed by atoms with van der Waals surface area (Å²) in [5, 5.41) is 12.5. The molecule has 0 spiro atoms. The Labute approximate surface area is 333 Å². The smallest absolute Gasteiger partial charge is 0.407 e. The maximum Gasteiger partial charge on any atom is 0.407 e. The summed E-state index contributed by atoms with van der Waals surface area (Å²) in [6.07, 6.45) is 2.36. The molecule has 298 valence electrons. The molecule has 4 unspecified atom stereocenters. The maximum absolute atomic E-state index is 14.3. The van der Waals surface area contributed by atoms with Crippen molar-refractivity contribution in [3.05, 3.63) is 87.9 Å². The number of hydrogen-bond acceptors (Lipinski definition) is 9. The predicted octanol–water partition coefficient (Wildman–Crippen LogP) is 6.59. The normalized spacial score (nSPS) is 17.7. The van der Waals surface area contributed by atoms with Crippen LogP contribution in [0.5, 0.6) is 0 Å². The van der Waals surface area contributed by atoms with E-state index in [4.69, 9.17) is 4.74 Å². The van der Waals surface area contributed by atoms with Gasteiger partial charge in [0.1, 0.15) is 18.8 Å². The summed E-state index contributed by atoms with van der Waals surface area (Å²) in [5.41, 5.74) is 4.74. The molecular formula is C41H56FN7O4S2. The predicted molar refractivity (Wildman–Crippen MR) is 220 cm³/mol. The number of thioether (sulfide) groups is 1. The molecule has 1 aromatic heterocycles. The van der Waals surface area contributed by atoms with Gasteiger partial charge in [-0.25, -0.2) is 19.0 Å². The van der Waals surface area contributed by atoms with Crippen molar-refractivity contribution in [3.63, 3.8) is 0 Å². The molecule has 3 aromatic rings. The highest BCUT2D eigenvalue weighted by molar-refractivity contribution is 8.12. The Morgan fingerprint density at radius 2 is 1.56 bits per heavy atom. The zero-order valence-corrected chi connectivity index (χ0v) is 33.8. The summed E-state index contributed by atoms with van der Waals surface area (Å²) in [5.74, 6) is 0.0221. The van der Waals surface area contributed by atoms with Gasteiger partial charge in [-0.2, -0.15) is 0 Å². The third-order valence-electron chi connectivity index (χ3n) is 9.89. The lowest BCUT2D eigenvalue weighted by Crippen LogP contribution is -2.54. The topological polar surface area (TPSA) is 128 Å². The number of carbonyl (C=O) groups excluding carboxylic acids is 3. The molecule has 2 aliphatic rings. The van der Waals surface area contributed by atoms with Crippen LogP contribution in [0.25, 0.3) is 0 Å². The summed E-state index contributed by atoms with van der Waals surface area (Å²) in [6, 6.07) is 18.3. The average Bonchev–Trinajstić information content (AvgIpc) is 3.89. The van der Waals surface area contributed by atoms with Crippen LogP contribution < -0.4 is 16.0 Å². The fourth-order valence-electron chi connectivity index (χ4n) is 6.69. The van der Waals surface area contributed by atoms with Crippen LogP contribution in [0.4, 0.5) is 14.0 Å². The summed E-state index contributed by atoms with van der Waals surface area (Å²) >= 11 is 3.14. The second-order valence-electron chi connectivity index (χ2n) is 14.8. The van der Waals surface area contributed by atoms with Crippen molar-refractivity contribution in [1.29, 1.82) is 0 Å². The van der Waals surface area contributed by atoms with Gasteiger partial charge >= 0.3 is 12.1 Å². The van der Waals surface area contributed by atoms with Crippen molar-refractivity contribution in [2.45, 2.75) is 101 Å². The van der Waals surface area contributed by atoms with E-state index in [1.54, 1.807) is 40.6 Å². The molecular weight excluding hydrogens is 738 g/mol. The Morgan fingerprint density at radius 1 is 0.927 bits per heavy atom. The third kappa shape index (κ3) is 14.5. The zero-order valence-electron chi connectivity index (χ0n) is 32.2. The number of urea groups is 1. The molecule has 2 aromatic carbocycles. The Hall–Kier alpha value is -4.01. The maximum atomic E-state index is 14.3. The summed E-state index contributed by atoms with van der Waals surface area (Å²) in [7, 11) is 1.70. The second-order valence-corrected chi connectivity index (χ2v) is 16.9. The van der Waals surface area contributed by atoms with E-state index >= 15 is 0 Å². The lowest BCUT2D eigenvalue weighted by molar-refractivity contribution is -0.124. The third-order valence-corrected chi connectivity index (χ3v) is 12.0. The van der Waals surface area contributed by atoms with Gasteiger partial charge in [0.2, 0.25) is 5.91 Å². The Morgan fingerprint density at radius 3 is 2.15 bits per heavy atom. The van der Waals surface area contributed by atoms with E-state index in [0.29, 0.717) is 83.6 Å². The molecule has 4 amide bonds. The number of nitrogens with one attached hydrogen (secondary N) is 3. The van der Waals surface area contributed by atoms with E-state index in [9.17, 15) is 18.8 Å². The van der Waals surface area contributed by atoms with Crippen LogP contribution in [-0.2, 0) is 28.9 Å². The number of alkyl carbamates (subject to hydrolysis) is 1. The van der Waals surface area contributed by atoms with Crippen LogP contribution >= 0.6 is 23.1 Å². The van der Waals surface area contributed by atoms with E-state index in [-0.39, 0.29) is 35.9 Å². The van der Waals surface area contributed by atoms with Crippen molar-refractivity contribution in [1.82, 2.24) is 30.7 Å². The van der Waals surface area contributed by atoms with Crippen LogP contribution in [0.15, 0.2) is 71.0 Å². The van der Waals surface area contributed by atoms with Gasteiger partial charge in [0.05, 0.1) is 34.6 Å². The van der Waals surface area contributed by atoms with Crippen LogP contribution in [-0.4, -0.2) is 108 Å². The number of halogens is 1. The lowest BCUT2D eigenvalue weighted by atomic mass is 9.95. The number of aromatic nitrogens is 1. The van der Waals surface area contributed by atoms with E-state index in [0.717, 1.165) is 21.8 Å². The first-order chi connectivity index (χ1) is 26.6. The molecule has 0 bridgehead atoms. The minimum absolute atomic E-state index is 0.123. The molecule has 0 radical (unpaired) electrons. The number of amides is 4. The number of nitrogens with zero attached hydrogens (tertiary/aromatic N) is 4. The van der Waals surface area contributed by atoms with E-state index < -0.39 is 18.3 Å². The highest BCUT2D eigenvalue weighted by Crippen LogP contribution is 2.21. The quantitative estimate of drug-likeness (QED) is 0.125. The molecule has 14 heteroatoms. The molecule has 3 N–H and O–H groups in total. The van der Waals surface area contributed by atoms with Crippen molar-refractivity contribution < 1.29 is 23.5 Å². The minimum Gasteiger partial charge on any atom is -0.448 e. The van der Waals surface area contributed by atoms with Gasteiger partial charge in [0.15, 0.2) is 0 Å². The largest absolute Gasteiger partial charge is 0.448 e. The molecule has 0 saturated carbocycles. The first-order valence-electron chi connectivity index (χ1n) is 19.4. The number of likely N-dealkylation sites (tertiary alicyclic amines) is 1. The van der Waals surface area contributed by atoms with E-state index in [1.807, 2.05) is 66.0 Å². The summed E-state index contributed by atoms with van der Waals surface area (Å²) in [4.78, 5) is 53.4. The van der Waals surface area contributed by atoms with Gasteiger partial charge in [-0.1, -0.05) is 74.5 Å². The fourth-order valence-corrected chi connectivity index (χ4v) is 8.18. The molecule has 0 aliphatic carbocycles. The number of carbonyl (C=O) groups is 3. The number of thiazole rings is 1. The SMILES string of the molecule is CC(C)c1nc(CN(C)C(=O)NC(CCN2CCC(F)CC2)C(=O)NC(CCC(Cc2ccccc2)NC(=O)OCC2CN=CS2)Cc2ccccc2)cs1.